The van der Waals surface area contributed by atoms with Crippen LogP contribution in [0.25, 0.3) is 16.5 Å². The highest BCUT2D eigenvalue weighted by Gasteiger charge is 2.32. The molecule has 0 atom stereocenters. The first-order chi connectivity index (χ1) is 14.6. The number of halogens is 1. The van der Waals surface area contributed by atoms with E-state index in [0.29, 0.717) is 32.9 Å². The molecule has 0 unspecified atom stereocenters. The molecule has 0 radical (unpaired) electrons. The number of hydrazone groups is 1. The lowest BCUT2D eigenvalue weighted by atomic mass is 9.95. The lowest BCUT2D eigenvalue weighted by Crippen LogP contribution is -2.36. The quantitative estimate of drug-likeness (QED) is 0.363. The second kappa shape index (κ2) is 6.93. The van der Waals surface area contributed by atoms with Crippen LogP contribution in [-0.4, -0.2) is 32.8 Å². The molecule has 0 N–H and O–H groups in total. The summed E-state index contributed by atoms with van der Waals surface area (Å²) in [5.74, 6) is -0.936. The van der Waals surface area contributed by atoms with Crippen LogP contribution in [-0.2, 0) is 0 Å². The molecule has 6 nitrogen and oxygen atoms in total. The average molecular weight is 415 g/mol. The number of nitrogens with zero attached hydrogens (tertiary/aromatic N) is 4. The summed E-state index contributed by atoms with van der Waals surface area (Å²) in [6.07, 6.45) is 1.41. The van der Waals surface area contributed by atoms with E-state index in [1.54, 1.807) is 35.9 Å². The SMILES string of the molecule is Cc1nn(-c2ccccc2)c(Cl)c1/C=N\N1C(=O)c2cccc3cccc(c23)C1=O. The number of hydrogen-bond donors (Lipinski definition) is 0. The van der Waals surface area contributed by atoms with Gasteiger partial charge < -0.3 is 0 Å². The van der Waals surface area contributed by atoms with Gasteiger partial charge >= 0.3 is 0 Å². The van der Waals surface area contributed by atoms with Crippen LogP contribution in [0.3, 0.4) is 0 Å². The molecule has 0 saturated heterocycles. The first-order valence-corrected chi connectivity index (χ1v) is 9.69. The topological polar surface area (TPSA) is 67.6 Å². The van der Waals surface area contributed by atoms with Crippen LogP contribution in [0.2, 0.25) is 5.15 Å². The van der Waals surface area contributed by atoms with Gasteiger partial charge in [0.25, 0.3) is 11.8 Å². The third-order valence-electron chi connectivity index (χ3n) is 5.10. The van der Waals surface area contributed by atoms with Crippen molar-refractivity contribution in [2.24, 2.45) is 5.10 Å². The molecule has 1 aliphatic rings. The summed E-state index contributed by atoms with van der Waals surface area (Å²) in [6.45, 7) is 1.79. The molecule has 7 heteroatoms. The van der Waals surface area contributed by atoms with Crippen LogP contribution in [0, 0.1) is 6.92 Å². The van der Waals surface area contributed by atoms with Crippen molar-refractivity contribution in [2.75, 3.05) is 0 Å². The van der Waals surface area contributed by atoms with Crippen LogP contribution in [0.15, 0.2) is 71.8 Å². The zero-order valence-electron chi connectivity index (χ0n) is 15.9. The molecule has 0 spiro atoms. The summed E-state index contributed by atoms with van der Waals surface area (Å²) in [5, 5.41) is 11.4. The molecule has 30 heavy (non-hydrogen) atoms. The number of aromatic nitrogens is 2. The number of hydrogen-bond acceptors (Lipinski definition) is 4. The Labute approximate surface area is 177 Å². The van der Waals surface area contributed by atoms with Crippen molar-refractivity contribution in [2.45, 2.75) is 6.92 Å². The second-order valence-corrected chi connectivity index (χ2v) is 7.27. The second-order valence-electron chi connectivity index (χ2n) is 6.91. The summed E-state index contributed by atoms with van der Waals surface area (Å²) < 4.78 is 1.59. The molecule has 146 valence electrons. The summed E-state index contributed by atoms with van der Waals surface area (Å²) in [7, 11) is 0. The summed E-state index contributed by atoms with van der Waals surface area (Å²) >= 11 is 6.52. The van der Waals surface area contributed by atoms with Gasteiger partial charge in [0.1, 0.15) is 5.15 Å². The molecule has 2 amide bonds. The van der Waals surface area contributed by atoms with Crippen molar-refractivity contribution in [1.29, 1.82) is 0 Å². The fourth-order valence-electron chi connectivity index (χ4n) is 3.64. The molecule has 0 fully saturated rings. The number of carbonyl (C=O) groups is 2. The fraction of sp³-hybridized carbons (Fsp3) is 0.0435. The third-order valence-corrected chi connectivity index (χ3v) is 5.47. The maximum Gasteiger partial charge on any atom is 0.282 e. The van der Waals surface area contributed by atoms with Gasteiger partial charge in [0.05, 0.1) is 34.3 Å². The van der Waals surface area contributed by atoms with Gasteiger partial charge in [-0.15, -0.1) is 0 Å². The summed E-state index contributed by atoms with van der Waals surface area (Å²) in [5.41, 5.74) is 2.87. The van der Waals surface area contributed by atoms with E-state index < -0.39 is 11.8 Å². The van der Waals surface area contributed by atoms with Crippen LogP contribution < -0.4 is 0 Å². The zero-order valence-corrected chi connectivity index (χ0v) is 16.7. The number of rotatable bonds is 3. The minimum absolute atomic E-state index is 0.349. The van der Waals surface area contributed by atoms with E-state index in [2.05, 4.69) is 10.2 Å². The average Bonchev–Trinajstić information content (AvgIpc) is 3.06. The van der Waals surface area contributed by atoms with E-state index in [-0.39, 0.29) is 0 Å². The van der Waals surface area contributed by atoms with Gasteiger partial charge in [0.2, 0.25) is 0 Å². The Morgan fingerprint density at radius 1 is 0.900 bits per heavy atom. The third kappa shape index (κ3) is 2.73. The Kier molecular flexibility index (Phi) is 4.22. The van der Waals surface area contributed by atoms with Crippen molar-refractivity contribution in [3.63, 3.8) is 0 Å². The summed E-state index contributed by atoms with van der Waals surface area (Å²) in [4.78, 5) is 25.9. The smallest absolute Gasteiger partial charge is 0.267 e. The summed E-state index contributed by atoms with van der Waals surface area (Å²) in [6, 6.07) is 20.2. The fourth-order valence-corrected chi connectivity index (χ4v) is 3.96. The van der Waals surface area contributed by atoms with E-state index in [0.717, 1.165) is 16.1 Å². The minimum atomic E-state index is -0.468. The molecule has 0 aliphatic carbocycles. The van der Waals surface area contributed by atoms with Crippen molar-refractivity contribution in [3.8, 4) is 5.69 Å². The highest BCUT2D eigenvalue weighted by atomic mass is 35.5. The maximum atomic E-state index is 13.0. The predicted octanol–water partition coefficient (Wildman–Crippen LogP) is 4.62. The van der Waals surface area contributed by atoms with E-state index in [9.17, 15) is 9.59 Å². The first-order valence-electron chi connectivity index (χ1n) is 9.31. The maximum absolute atomic E-state index is 13.0. The molecule has 0 bridgehead atoms. The standard InChI is InChI=1S/C23H15ClN4O2/c1-14-19(21(24)27(26-14)16-9-3-2-4-10-16)13-25-28-22(29)17-11-5-7-15-8-6-12-18(20(15)17)23(28)30/h2-13H,1H3/b25-13-. The van der Waals surface area contributed by atoms with Crippen LogP contribution >= 0.6 is 11.6 Å². The van der Waals surface area contributed by atoms with E-state index in [1.165, 1.54) is 6.21 Å². The number of imide groups is 1. The number of amides is 2. The monoisotopic (exact) mass is 414 g/mol. The predicted molar refractivity (Wildman–Crippen MR) is 115 cm³/mol. The van der Waals surface area contributed by atoms with Crippen LogP contribution in [0.1, 0.15) is 32.0 Å². The Morgan fingerprint density at radius 3 is 2.17 bits per heavy atom. The van der Waals surface area contributed by atoms with Gasteiger partial charge in [-0.3, -0.25) is 9.59 Å². The van der Waals surface area contributed by atoms with Gasteiger partial charge in [-0.1, -0.05) is 54.1 Å². The van der Waals surface area contributed by atoms with Crippen LogP contribution in [0.5, 0.6) is 0 Å². The molecule has 3 aromatic carbocycles. The zero-order chi connectivity index (χ0) is 20.8. The first kappa shape index (κ1) is 18.3. The van der Waals surface area contributed by atoms with E-state index in [4.69, 9.17) is 11.6 Å². The Bertz CT molecular complexity index is 1310. The van der Waals surface area contributed by atoms with Crippen molar-refractivity contribution < 1.29 is 9.59 Å². The van der Waals surface area contributed by atoms with Gasteiger partial charge in [-0.25, -0.2) is 4.68 Å². The van der Waals surface area contributed by atoms with Crippen molar-refractivity contribution in [3.05, 3.63) is 94.3 Å². The molecule has 4 aromatic rings. The number of benzene rings is 3. The Balaban J connectivity index is 1.55. The molecular formula is C23H15ClN4O2. The number of aryl methyl sites for hydroxylation is 1. The molecule has 1 aromatic heterocycles. The van der Waals surface area contributed by atoms with Crippen LogP contribution in [0.4, 0.5) is 0 Å². The van der Waals surface area contributed by atoms with Gasteiger partial charge in [0, 0.05) is 5.39 Å². The lowest BCUT2D eigenvalue weighted by Gasteiger charge is -2.22. The largest absolute Gasteiger partial charge is 0.282 e. The molecule has 2 heterocycles. The molecule has 0 saturated carbocycles. The Hall–Kier alpha value is -3.77. The number of para-hydroxylation sites is 1. The Morgan fingerprint density at radius 2 is 1.53 bits per heavy atom. The normalized spacial score (nSPS) is 13.6. The molecule has 1 aliphatic heterocycles. The van der Waals surface area contributed by atoms with Gasteiger partial charge in [-0.2, -0.15) is 15.2 Å². The molecule has 5 rings (SSSR count). The number of carbonyl (C=O) groups excluding carboxylic acids is 2. The minimum Gasteiger partial charge on any atom is -0.267 e. The highest BCUT2D eigenvalue weighted by molar-refractivity contribution is 6.32. The van der Waals surface area contributed by atoms with E-state index in [1.807, 2.05) is 42.5 Å². The van der Waals surface area contributed by atoms with Gasteiger partial charge in [0.15, 0.2) is 0 Å². The van der Waals surface area contributed by atoms with E-state index >= 15 is 0 Å². The lowest BCUT2D eigenvalue weighted by molar-refractivity contribution is 0.0616. The van der Waals surface area contributed by atoms with Gasteiger partial charge in [-0.05, 0) is 36.6 Å². The van der Waals surface area contributed by atoms with Crippen molar-refractivity contribution in [1.82, 2.24) is 14.8 Å². The van der Waals surface area contributed by atoms with Crippen molar-refractivity contribution >= 4 is 40.4 Å². The molecular weight excluding hydrogens is 400 g/mol. The highest BCUT2D eigenvalue weighted by Crippen LogP contribution is 2.30.